The molecule has 4 aromatic rings. The predicted octanol–water partition coefficient (Wildman–Crippen LogP) is 6.37. The van der Waals surface area contributed by atoms with Crippen molar-refractivity contribution in [3.05, 3.63) is 71.8 Å². The Labute approximate surface area is 213 Å². The summed E-state index contributed by atoms with van der Waals surface area (Å²) in [7, 11) is -0.357. The van der Waals surface area contributed by atoms with Gasteiger partial charge in [-0.05, 0) is 56.4 Å². The molecule has 0 amide bonds. The molecule has 0 saturated carbocycles. The van der Waals surface area contributed by atoms with Gasteiger partial charge in [-0.2, -0.15) is 0 Å². The molecule has 2 aliphatic rings. The van der Waals surface area contributed by atoms with Gasteiger partial charge in [-0.25, -0.2) is 0 Å². The molecule has 6 rings (SSSR count). The van der Waals surface area contributed by atoms with Crippen LogP contribution >= 0.6 is 24.5 Å². The van der Waals surface area contributed by atoms with E-state index in [1.54, 1.807) is 0 Å². The van der Waals surface area contributed by atoms with Crippen LogP contribution in [0.4, 0.5) is 0 Å². The second kappa shape index (κ2) is 8.06. The molecule has 172 valence electrons. The number of nitrogens with zero attached hydrogens (tertiary/aromatic N) is 1. The summed E-state index contributed by atoms with van der Waals surface area (Å²) in [5.41, 5.74) is 8.03. The molecule has 0 aliphatic carbocycles. The molecule has 2 aliphatic heterocycles. The SMILES string of the molecule is CC1(C)c2cc(B3OC(C)(C)C(C)(C)O3)ccc2-n2c3ccccc3c3cccc1c32.S=BS. The molecule has 3 heterocycles. The van der Waals surface area contributed by atoms with Crippen LogP contribution in [-0.4, -0.2) is 28.3 Å². The molecule has 3 nitrogen and oxygen atoms in total. The first-order valence-electron chi connectivity index (χ1n) is 11.6. The minimum atomic E-state index is -0.357. The van der Waals surface area contributed by atoms with Gasteiger partial charge in [0.1, 0.15) is 0 Å². The number of thiol groups is 1. The average molecular weight is 485 g/mol. The molecule has 0 spiro atoms. The van der Waals surface area contributed by atoms with Crippen LogP contribution in [0.15, 0.2) is 60.7 Å². The second-order valence-electron chi connectivity index (χ2n) is 10.6. The summed E-state index contributed by atoms with van der Waals surface area (Å²) in [6, 6.07) is 22.2. The van der Waals surface area contributed by atoms with Gasteiger partial charge in [-0.3, -0.25) is 0 Å². The van der Waals surface area contributed by atoms with Crippen LogP contribution in [0.2, 0.25) is 0 Å². The number of para-hydroxylation sites is 2. The van der Waals surface area contributed by atoms with Gasteiger partial charge < -0.3 is 13.9 Å². The third-order valence-corrected chi connectivity index (χ3v) is 7.83. The van der Waals surface area contributed by atoms with Crippen LogP contribution in [0.1, 0.15) is 52.7 Å². The Bertz CT molecular complexity index is 1430. The van der Waals surface area contributed by atoms with Gasteiger partial charge in [0, 0.05) is 16.2 Å². The summed E-state index contributed by atoms with van der Waals surface area (Å²) < 4.78 is 15.2. The van der Waals surface area contributed by atoms with Crippen LogP contribution < -0.4 is 5.46 Å². The number of rotatable bonds is 1. The van der Waals surface area contributed by atoms with Crippen molar-refractivity contribution in [2.75, 3.05) is 0 Å². The first kappa shape index (κ1) is 23.8. The Balaban J connectivity index is 0.000000764. The van der Waals surface area contributed by atoms with Gasteiger partial charge in [-0.15, -0.1) is 0 Å². The predicted molar refractivity (Wildman–Crippen MR) is 151 cm³/mol. The normalized spacial score (nSPS) is 18.9. The summed E-state index contributed by atoms with van der Waals surface area (Å²) in [5.74, 6) is 0. The molecule has 1 fully saturated rings. The van der Waals surface area contributed by atoms with Crippen LogP contribution in [0.3, 0.4) is 0 Å². The van der Waals surface area contributed by atoms with E-state index >= 15 is 0 Å². The standard InChI is InChI=1S/C27H28BNO2.BHS2/c1-25(2)20-12-9-11-19-18-10-7-8-13-22(18)29(24(19)20)23-15-14-17(16-21(23)25)28-30-26(3,4)27(5,6)31-28;2-1-3/h7-16H,1-6H3;2H. The molecule has 1 saturated heterocycles. The Hall–Kier alpha value is -1.92. The first-order chi connectivity index (χ1) is 16.0. The summed E-state index contributed by atoms with van der Waals surface area (Å²) in [4.78, 5) is 0. The quantitative estimate of drug-likeness (QED) is 0.251. The van der Waals surface area contributed by atoms with E-state index in [4.69, 9.17) is 9.31 Å². The van der Waals surface area contributed by atoms with Gasteiger partial charge in [0.25, 0.3) is 0 Å². The van der Waals surface area contributed by atoms with E-state index in [9.17, 15) is 0 Å². The monoisotopic (exact) mass is 485 g/mol. The van der Waals surface area contributed by atoms with Crippen LogP contribution in [0.25, 0.3) is 27.5 Å². The fourth-order valence-electron chi connectivity index (χ4n) is 5.29. The number of hydrogen-bond acceptors (Lipinski definition) is 3. The summed E-state index contributed by atoms with van der Waals surface area (Å²) in [5, 5.41) is 2.62. The molecule has 7 heteroatoms. The average Bonchev–Trinajstić information content (AvgIpc) is 3.23. The van der Waals surface area contributed by atoms with Gasteiger partial charge in [0.2, 0.25) is 0 Å². The van der Waals surface area contributed by atoms with E-state index in [0.29, 0.717) is 0 Å². The zero-order chi connectivity index (χ0) is 24.5. The van der Waals surface area contributed by atoms with Crippen LogP contribution in [-0.2, 0) is 14.7 Å². The van der Waals surface area contributed by atoms with Crippen molar-refractivity contribution >= 4 is 64.4 Å². The van der Waals surface area contributed by atoms with Gasteiger partial charge in [-0.1, -0.05) is 62.4 Å². The molecule has 1 aromatic heterocycles. The van der Waals surface area contributed by atoms with Crippen molar-refractivity contribution in [2.45, 2.75) is 58.2 Å². The first-order valence-corrected chi connectivity index (χ1v) is 12.6. The fraction of sp³-hybridized carbons (Fsp3) is 0.333. The fourth-order valence-corrected chi connectivity index (χ4v) is 5.29. The summed E-state index contributed by atoms with van der Waals surface area (Å²) >= 11 is 7.61. The molecule has 34 heavy (non-hydrogen) atoms. The van der Waals surface area contributed by atoms with Crippen molar-refractivity contribution in [1.82, 2.24) is 4.57 Å². The molecule has 0 radical (unpaired) electrons. The Morgan fingerprint density at radius 3 is 2.12 bits per heavy atom. The summed E-state index contributed by atoms with van der Waals surface area (Å²) in [6.07, 6.45) is 0. The van der Waals surface area contributed by atoms with Crippen molar-refractivity contribution in [2.24, 2.45) is 0 Å². The van der Waals surface area contributed by atoms with Crippen molar-refractivity contribution in [3.8, 4) is 5.69 Å². The third-order valence-electron chi connectivity index (χ3n) is 7.83. The van der Waals surface area contributed by atoms with E-state index < -0.39 is 0 Å². The van der Waals surface area contributed by atoms with Gasteiger partial charge in [0.05, 0.1) is 27.9 Å². The topological polar surface area (TPSA) is 23.4 Å². The maximum absolute atomic E-state index is 6.36. The molecule has 0 N–H and O–H groups in total. The third kappa shape index (κ3) is 3.35. The molecule has 3 aromatic carbocycles. The van der Waals surface area contributed by atoms with Crippen molar-refractivity contribution < 1.29 is 9.31 Å². The van der Waals surface area contributed by atoms with E-state index in [1.165, 1.54) is 44.1 Å². The van der Waals surface area contributed by atoms with Crippen LogP contribution in [0, 0.1) is 0 Å². The minimum absolute atomic E-state index is 0.126. The second-order valence-corrected chi connectivity index (χ2v) is 11.5. The maximum atomic E-state index is 6.36. The van der Waals surface area contributed by atoms with E-state index in [1.807, 2.05) is 0 Å². The van der Waals surface area contributed by atoms with Gasteiger partial charge >= 0.3 is 37.1 Å². The number of aromatic nitrogens is 1. The number of fused-ring (bicyclic) bond motifs is 5. The number of benzene rings is 3. The number of hydrogen-bond donors (Lipinski definition) is 1. The molecule has 0 unspecified atom stereocenters. The van der Waals surface area contributed by atoms with Crippen molar-refractivity contribution in [3.63, 3.8) is 0 Å². The van der Waals surface area contributed by atoms with E-state index in [0.717, 1.165) is 5.46 Å². The zero-order valence-electron chi connectivity index (χ0n) is 20.5. The molecular formula is C27H29B2NO2S2. The van der Waals surface area contributed by atoms with E-state index in [2.05, 4.69) is 131 Å². The van der Waals surface area contributed by atoms with Crippen LogP contribution in [0.5, 0.6) is 0 Å². The Kier molecular flexibility index (Phi) is 5.64. The summed E-state index contributed by atoms with van der Waals surface area (Å²) in [6.45, 7) is 13.1. The molecule has 0 atom stereocenters. The molecular weight excluding hydrogens is 456 g/mol. The Morgan fingerprint density at radius 1 is 0.824 bits per heavy atom. The Morgan fingerprint density at radius 2 is 1.44 bits per heavy atom. The van der Waals surface area contributed by atoms with Crippen molar-refractivity contribution in [1.29, 1.82) is 0 Å². The zero-order valence-corrected chi connectivity index (χ0v) is 22.3. The molecule has 0 bridgehead atoms. The van der Waals surface area contributed by atoms with Gasteiger partial charge in [0.15, 0.2) is 0 Å². The van der Waals surface area contributed by atoms with E-state index in [-0.39, 0.29) is 23.7 Å².